The first-order chi connectivity index (χ1) is 10.1. The first-order valence-electron chi connectivity index (χ1n) is 7.48. The van der Waals surface area contributed by atoms with E-state index in [0.29, 0.717) is 17.6 Å². The SMILES string of the molecule is CN1CCCC(N(C)CCOc2ccccc2C(N)=S)C1. The third kappa shape index (κ3) is 4.66. The molecule has 21 heavy (non-hydrogen) atoms. The van der Waals surface area contributed by atoms with Crippen molar-refractivity contribution in [2.24, 2.45) is 5.73 Å². The van der Waals surface area contributed by atoms with Gasteiger partial charge in [-0.1, -0.05) is 24.4 Å². The van der Waals surface area contributed by atoms with E-state index in [-0.39, 0.29) is 0 Å². The van der Waals surface area contributed by atoms with E-state index >= 15 is 0 Å². The molecule has 0 spiro atoms. The van der Waals surface area contributed by atoms with E-state index in [0.717, 1.165) is 24.4 Å². The fourth-order valence-corrected chi connectivity index (χ4v) is 2.95. The molecular weight excluding hydrogens is 282 g/mol. The van der Waals surface area contributed by atoms with Gasteiger partial charge in [0.25, 0.3) is 0 Å². The molecule has 2 N–H and O–H groups in total. The normalized spacial score (nSPS) is 19.7. The minimum Gasteiger partial charge on any atom is -0.492 e. The van der Waals surface area contributed by atoms with Crippen LogP contribution >= 0.6 is 12.2 Å². The van der Waals surface area contributed by atoms with E-state index in [1.165, 1.54) is 19.4 Å². The number of hydrogen-bond acceptors (Lipinski definition) is 4. The average molecular weight is 307 g/mol. The summed E-state index contributed by atoms with van der Waals surface area (Å²) in [6, 6.07) is 8.31. The standard InChI is InChI=1S/C16H25N3OS/c1-18-9-5-6-13(12-18)19(2)10-11-20-15-8-4-3-7-14(15)16(17)21/h3-4,7-8,13H,5-6,9-12H2,1-2H3,(H2,17,21). The molecule has 0 saturated carbocycles. The first-order valence-corrected chi connectivity index (χ1v) is 7.89. The number of nitrogens with two attached hydrogens (primary N) is 1. The quantitative estimate of drug-likeness (QED) is 0.811. The maximum Gasteiger partial charge on any atom is 0.129 e. The first kappa shape index (κ1) is 16.2. The Morgan fingerprint density at radius 3 is 2.95 bits per heavy atom. The number of thiocarbonyl (C=S) groups is 1. The number of likely N-dealkylation sites (N-methyl/N-ethyl adjacent to an activating group) is 2. The molecular formula is C16H25N3OS. The second-order valence-corrected chi connectivity index (χ2v) is 6.19. The Balaban J connectivity index is 1.82. The molecule has 4 nitrogen and oxygen atoms in total. The molecule has 0 radical (unpaired) electrons. The Bertz CT molecular complexity index is 480. The summed E-state index contributed by atoms with van der Waals surface area (Å²) in [4.78, 5) is 5.17. The molecule has 1 aromatic carbocycles. The van der Waals surface area contributed by atoms with Crippen molar-refractivity contribution in [3.63, 3.8) is 0 Å². The number of piperidine rings is 1. The molecule has 1 fully saturated rings. The minimum absolute atomic E-state index is 0.382. The van der Waals surface area contributed by atoms with Gasteiger partial charge in [-0.05, 0) is 45.6 Å². The van der Waals surface area contributed by atoms with Crippen LogP contribution in [-0.2, 0) is 0 Å². The number of ether oxygens (including phenoxy) is 1. The number of nitrogens with zero attached hydrogens (tertiary/aromatic N) is 2. The number of benzene rings is 1. The van der Waals surface area contributed by atoms with Crippen LogP contribution < -0.4 is 10.5 Å². The van der Waals surface area contributed by atoms with Crippen molar-refractivity contribution in [3.8, 4) is 5.75 Å². The maximum absolute atomic E-state index is 5.86. The molecule has 1 saturated heterocycles. The Morgan fingerprint density at radius 2 is 2.24 bits per heavy atom. The van der Waals surface area contributed by atoms with Gasteiger partial charge in [0.15, 0.2) is 0 Å². The van der Waals surface area contributed by atoms with E-state index < -0.39 is 0 Å². The number of rotatable bonds is 6. The number of para-hydroxylation sites is 1. The highest BCUT2D eigenvalue weighted by molar-refractivity contribution is 7.80. The third-order valence-corrected chi connectivity index (χ3v) is 4.30. The lowest BCUT2D eigenvalue weighted by Gasteiger charge is -2.35. The molecule has 0 amide bonds. The molecule has 0 aromatic heterocycles. The van der Waals surface area contributed by atoms with Crippen molar-refractivity contribution >= 4 is 17.2 Å². The van der Waals surface area contributed by atoms with Crippen LogP contribution in [0.1, 0.15) is 18.4 Å². The Kier molecular flexibility index (Phi) is 5.96. The fraction of sp³-hybridized carbons (Fsp3) is 0.562. The molecule has 1 unspecified atom stereocenters. The summed E-state index contributed by atoms with van der Waals surface area (Å²) >= 11 is 5.05. The van der Waals surface area contributed by atoms with Gasteiger partial charge in [-0.15, -0.1) is 0 Å². The van der Waals surface area contributed by atoms with Gasteiger partial charge in [0.1, 0.15) is 17.3 Å². The summed E-state index contributed by atoms with van der Waals surface area (Å²) in [6.45, 7) is 3.91. The smallest absolute Gasteiger partial charge is 0.129 e. The zero-order valence-electron chi connectivity index (χ0n) is 12.9. The van der Waals surface area contributed by atoms with Crippen molar-refractivity contribution in [3.05, 3.63) is 29.8 Å². The van der Waals surface area contributed by atoms with Crippen LogP contribution in [-0.4, -0.2) is 61.2 Å². The van der Waals surface area contributed by atoms with Gasteiger partial charge in [-0.3, -0.25) is 4.90 Å². The Hall–Kier alpha value is -1.17. The monoisotopic (exact) mass is 307 g/mol. The topological polar surface area (TPSA) is 41.7 Å². The van der Waals surface area contributed by atoms with Gasteiger partial charge < -0.3 is 15.4 Å². The molecule has 116 valence electrons. The highest BCUT2D eigenvalue weighted by Gasteiger charge is 2.20. The lowest BCUT2D eigenvalue weighted by Crippen LogP contribution is -2.46. The molecule has 1 atom stereocenters. The summed E-state index contributed by atoms with van der Waals surface area (Å²) in [5.74, 6) is 0.777. The fourth-order valence-electron chi connectivity index (χ4n) is 2.78. The van der Waals surface area contributed by atoms with Gasteiger partial charge in [0.2, 0.25) is 0 Å². The Morgan fingerprint density at radius 1 is 1.48 bits per heavy atom. The summed E-state index contributed by atoms with van der Waals surface area (Å²) in [7, 11) is 4.36. The van der Waals surface area contributed by atoms with Crippen molar-refractivity contribution < 1.29 is 4.74 Å². The molecule has 1 aliphatic rings. The van der Waals surface area contributed by atoms with Crippen LogP contribution in [0.5, 0.6) is 5.75 Å². The van der Waals surface area contributed by atoms with E-state index in [4.69, 9.17) is 22.7 Å². The predicted octanol–water partition coefficient (Wildman–Crippen LogP) is 1.73. The van der Waals surface area contributed by atoms with Gasteiger partial charge >= 0.3 is 0 Å². The van der Waals surface area contributed by atoms with Gasteiger partial charge in [0.05, 0.1) is 5.56 Å². The van der Waals surface area contributed by atoms with Crippen molar-refractivity contribution in [2.75, 3.05) is 40.3 Å². The molecule has 1 aliphatic heterocycles. The van der Waals surface area contributed by atoms with Crippen molar-refractivity contribution in [1.29, 1.82) is 0 Å². The minimum atomic E-state index is 0.382. The molecule has 2 rings (SSSR count). The van der Waals surface area contributed by atoms with Gasteiger partial charge in [-0.25, -0.2) is 0 Å². The van der Waals surface area contributed by atoms with Crippen LogP contribution in [0.2, 0.25) is 0 Å². The van der Waals surface area contributed by atoms with Crippen LogP contribution in [0.3, 0.4) is 0 Å². The van der Waals surface area contributed by atoms with Gasteiger partial charge in [-0.2, -0.15) is 0 Å². The largest absolute Gasteiger partial charge is 0.492 e. The second kappa shape index (κ2) is 7.73. The maximum atomic E-state index is 5.86. The summed E-state index contributed by atoms with van der Waals surface area (Å²) in [6.07, 6.45) is 2.54. The molecule has 1 aromatic rings. The van der Waals surface area contributed by atoms with Gasteiger partial charge in [0, 0.05) is 19.1 Å². The highest BCUT2D eigenvalue weighted by atomic mass is 32.1. The predicted molar refractivity (Wildman–Crippen MR) is 91.0 cm³/mol. The number of hydrogen-bond donors (Lipinski definition) is 1. The van der Waals surface area contributed by atoms with Crippen LogP contribution in [0.15, 0.2) is 24.3 Å². The van der Waals surface area contributed by atoms with E-state index in [9.17, 15) is 0 Å². The number of likely N-dealkylation sites (tertiary alicyclic amines) is 1. The van der Waals surface area contributed by atoms with Crippen LogP contribution in [0, 0.1) is 0 Å². The third-order valence-electron chi connectivity index (χ3n) is 4.08. The Labute approximate surface area is 132 Å². The van der Waals surface area contributed by atoms with E-state index in [1.54, 1.807) is 0 Å². The summed E-state index contributed by atoms with van der Waals surface area (Å²) in [5.41, 5.74) is 6.53. The van der Waals surface area contributed by atoms with Crippen molar-refractivity contribution in [2.45, 2.75) is 18.9 Å². The van der Waals surface area contributed by atoms with Crippen LogP contribution in [0.25, 0.3) is 0 Å². The second-order valence-electron chi connectivity index (χ2n) is 5.75. The zero-order chi connectivity index (χ0) is 15.2. The molecule has 1 heterocycles. The van der Waals surface area contributed by atoms with Crippen molar-refractivity contribution in [1.82, 2.24) is 9.80 Å². The van der Waals surface area contributed by atoms with E-state index in [1.807, 2.05) is 24.3 Å². The highest BCUT2D eigenvalue weighted by Crippen LogP contribution is 2.18. The molecule has 0 aliphatic carbocycles. The average Bonchev–Trinajstić information content (AvgIpc) is 2.47. The molecule has 5 heteroatoms. The zero-order valence-corrected chi connectivity index (χ0v) is 13.7. The summed E-state index contributed by atoms with van der Waals surface area (Å²) < 4.78 is 5.86. The van der Waals surface area contributed by atoms with Crippen LogP contribution in [0.4, 0.5) is 0 Å². The lowest BCUT2D eigenvalue weighted by atomic mass is 10.1. The lowest BCUT2D eigenvalue weighted by molar-refractivity contribution is 0.119. The van der Waals surface area contributed by atoms with E-state index in [2.05, 4.69) is 23.9 Å². The summed E-state index contributed by atoms with van der Waals surface area (Å²) in [5, 5.41) is 0. The molecule has 0 bridgehead atoms.